The van der Waals surface area contributed by atoms with Crippen LogP contribution in [-0.4, -0.2) is 75.8 Å². The number of fused-ring (bicyclic) bond motifs is 3. The maximum Gasteiger partial charge on any atom is 0.303 e. The van der Waals surface area contributed by atoms with Crippen molar-refractivity contribution in [2.45, 2.75) is 52.0 Å². The van der Waals surface area contributed by atoms with Crippen LogP contribution in [0.15, 0.2) is 73.1 Å². The van der Waals surface area contributed by atoms with Crippen molar-refractivity contribution in [2.24, 2.45) is 5.92 Å². The lowest BCUT2D eigenvalue weighted by Crippen LogP contribution is -2.51. The van der Waals surface area contributed by atoms with Gasteiger partial charge in [-0.1, -0.05) is 42.5 Å². The maximum absolute atomic E-state index is 14.3. The lowest BCUT2D eigenvalue weighted by Gasteiger charge is -2.39. The molecule has 2 saturated heterocycles. The first-order valence-electron chi connectivity index (χ1n) is 17.1. The monoisotopic (exact) mass is 645 g/mol. The van der Waals surface area contributed by atoms with Gasteiger partial charge in [0.15, 0.2) is 0 Å². The number of carbonyl (C=O) groups is 2. The highest BCUT2D eigenvalue weighted by Gasteiger charge is 2.35. The summed E-state index contributed by atoms with van der Waals surface area (Å²) in [4.78, 5) is 39.3. The van der Waals surface area contributed by atoms with Crippen molar-refractivity contribution in [3.05, 3.63) is 101 Å². The van der Waals surface area contributed by atoms with Crippen molar-refractivity contribution < 1.29 is 19.4 Å². The minimum absolute atomic E-state index is 0.0822. The smallest absolute Gasteiger partial charge is 0.303 e. The van der Waals surface area contributed by atoms with Crippen molar-refractivity contribution >= 4 is 39.5 Å². The normalized spacial score (nSPS) is 16.5. The number of para-hydroxylation sites is 1. The molecule has 7 rings (SSSR count). The van der Waals surface area contributed by atoms with Gasteiger partial charge in [0, 0.05) is 75.0 Å². The van der Waals surface area contributed by atoms with Crippen LogP contribution in [0.1, 0.15) is 53.1 Å². The second-order valence-corrected chi connectivity index (χ2v) is 13.2. The third-order valence-electron chi connectivity index (χ3n) is 10.4. The average Bonchev–Trinajstić information content (AvgIpc) is 3.42. The summed E-state index contributed by atoms with van der Waals surface area (Å²) < 4.78 is 7.97. The third-order valence-corrected chi connectivity index (χ3v) is 10.4. The molecule has 5 aromatic rings. The van der Waals surface area contributed by atoms with E-state index in [1.165, 1.54) is 0 Å². The molecule has 2 aliphatic heterocycles. The van der Waals surface area contributed by atoms with Crippen molar-refractivity contribution in [3.63, 3.8) is 0 Å². The Labute approximate surface area is 281 Å². The van der Waals surface area contributed by atoms with Gasteiger partial charge in [-0.2, -0.15) is 0 Å². The molecule has 1 amide bonds. The summed E-state index contributed by atoms with van der Waals surface area (Å²) in [5.74, 6) is -0.533. The zero-order chi connectivity index (χ0) is 33.2. The van der Waals surface area contributed by atoms with Crippen molar-refractivity contribution in [1.82, 2.24) is 19.4 Å². The summed E-state index contributed by atoms with van der Waals surface area (Å²) in [7, 11) is 0. The number of carbonyl (C=O) groups excluding carboxylic acids is 1. The van der Waals surface area contributed by atoms with Gasteiger partial charge in [0.25, 0.3) is 0 Å². The highest BCUT2D eigenvalue weighted by Crippen LogP contribution is 2.36. The van der Waals surface area contributed by atoms with E-state index in [0.29, 0.717) is 39.3 Å². The fraction of sp³-hybridized carbons (Fsp3) is 0.385. The summed E-state index contributed by atoms with van der Waals surface area (Å²) in [5.41, 5.74) is 8.31. The van der Waals surface area contributed by atoms with Crippen LogP contribution in [0.4, 0.5) is 5.69 Å². The zero-order valence-electron chi connectivity index (χ0n) is 27.8. The van der Waals surface area contributed by atoms with E-state index in [2.05, 4.69) is 74.8 Å². The van der Waals surface area contributed by atoms with Gasteiger partial charge >= 0.3 is 5.97 Å². The first-order chi connectivity index (χ1) is 23.4. The van der Waals surface area contributed by atoms with E-state index in [1.807, 2.05) is 25.3 Å². The fourth-order valence-corrected chi connectivity index (χ4v) is 7.79. The van der Waals surface area contributed by atoms with Crippen LogP contribution in [-0.2, 0) is 27.3 Å². The molecule has 3 aromatic heterocycles. The Balaban J connectivity index is 1.16. The molecule has 248 valence electrons. The standard InChI is InChI=1S/C39H43N5O4/c1-26-32(13-14-35(45)46)27(2)41-38-36(26)33-7-3-4-8-34(33)44(38)25-28-9-11-29(12-10-28)37(30-15-22-48-23-16-30)39(47)43-20-18-42(19-21-43)31-6-5-17-40-24-31/h3-12,17,24,30,37H,13-16,18-23,25H2,1-2H3,(H,45,46). The Morgan fingerprint density at radius 1 is 0.958 bits per heavy atom. The molecule has 1 unspecified atom stereocenters. The minimum atomic E-state index is -0.802. The highest BCUT2D eigenvalue weighted by molar-refractivity contribution is 6.08. The Bertz CT molecular complexity index is 1920. The number of pyridine rings is 2. The molecule has 2 aliphatic rings. The average molecular weight is 646 g/mol. The molecule has 5 heterocycles. The number of amides is 1. The Morgan fingerprint density at radius 2 is 1.71 bits per heavy atom. The lowest BCUT2D eigenvalue weighted by atomic mass is 9.80. The molecule has 1 N–H and O–H groups in total. The van der Waals surface area contributed by atoms with Gasteiger partial charge in [0.05, 0.1) is 23.3 Å². The summed E-state index contributed by atoms with van der Waals surface area (Å²) in [6.45, 7) is 9.08. The van der Waals surface area contributed by atoms with E-state index >= 15 is 0 Å². The van der Waals surface area contributed by atoms with Crippen molar-refractivity contribution in [1.29, 1.82) is 0 Å². The number of benzene rings is 2. The summed E-state index contributed by atoms with van der Waals surface area (Å²) in [6.07, 6.45) is 5.99. The fourth-order valence-electron chi connectivity index (χ4n) is 7.79. The Kier molecular flexibility index (Phi) is 9.13. The number of aromatic nitrogens is 3. The van der Waals surface area contributed by atoms with E-state index in [9.17, 15) is 14.7 Å². The lowest BCUT2D eigenvalue weighted by molar-refractivity contribution is -0.137. The third kappa shape index (κ3) is 6.27. The second kappa shape index (κ2) is 13.8. The summed E-state index contributed by atoms with van der Waals surface area (Å²) >= 11 is 0. The molecule has 0 bridgehead atoms. The van der Waals surface area contributed by atoms with Crippen LogP contribution < -0.4 is 4.90 Å². The predicted molar refractivity (Wildman–Crippen MR) is 188 cm³/mol. The van der Waals surface area contributed by atoms with E-state index in [0.717, 1.165) is 81.5 Å². The number of carboxylic acids is 1. The first-order valence-corrected chi connectivity index (χ1v) is 17.1. The Morgan fingerprint density at radius 3 is 2.42 bits per heavy atom. The molecule has 48 heavy (non-hydrogen) atoms. The van der Waals surface area contributed by atoms with Gasteiger partial charge in [-0.3, -0.25) is 14.6 Å². The number of nitrogens with zero attached hydrogens (tertiary/aromatic N) is 5. The molecule has 2 fully saturated rings. The van der Waals surface area contributed by atoms with Gasteiger partial charge in [0.2, 0.25) is 5.91 Å². The number of ether oxygens (including phenoxy) is 1. The van der Waals surface area contributed by atoms with E-state index < -0.39 is 5.97 Å². The number of hydrogen-bond acceptors (Lipinski definition) is 6. The molecule has 0 aliphatic carbocycles. The number of aliphatic carboxylic acids is 1. The summed E-state index contributed by atoms with van der Waals surface area (Å²) in [5, 5.41) is 11.5. The molecule has 9 nitrogen and oxygen atoms in total. The van der Waals surface area contributed by atoms with E-state index in [-0.39, 0.29) is 24.2 Å². The molecule has 9 heteroatoms. The summed E-state index contributed by atoms with van der Waals surface area (Å²) in [6, 6.07) is 21.0. The van der Waals surface area contributed by atoms with Gasteiger partial charge in [-0.25, -0.2) is 4.98 Å². The zero-order valence-corrected chi connectivity index (χ0v) is 27.8. The number of carboxylic acid groups (broad SMARTS) is 1. The minimum Gasteiger partial charge on any atom is -0.481 e. The van der Waals surface area contributed by atoms with Crippen LogP contribution in [0, 0.1) is 19.8 Å². The second-order valence-electron chi connectivity index (χ2n) is 13.2. The molecular formula is C39H43N5O4. The quantitative estimate of drug-likeness (QED) is 0.206. The van der Waals surface area contributed by atoms with E-state index in [1.54, 1.807) is 6.20 Å². The number of rotatable bonds is 9. The van der Waals surface area contributed by atoms with Crippen LogP contribution in [0.3, 0.4) is 0 Å². The maximum atomic E-state index is 14.3. The number of anilines is 1. The largest absolute Gasteiger partial charge is 0.481 e. The van der Waals surface area contributed by atoms with Crippen LogP contribution in [0.5, 0.6) is 0 Å². The predicted octanol–water partition coefficient (Wildman–Crippen LogP) is 6.13. The highest BCUT2D eigenvalue weighted by atomic mass is 16.5. The molecular weight excluding hydrogens is 602 g/mol. The molecule has 0 spiro atoms. The van der Waals surface area contributed by atoms with Gasteiger partial charge in [0.1, 0.15) is 5.65 Å². The van der Waals surface area contributed by atoms with Gasteiger partial charge in [-0.05, 0) is 79.5 Å². The molecule has 2 aromatic carbocycles. The topological polar surface area (TPSA) is 101 Å². The first kappa shape index (κ1) is 31.8. The van der Waals surface area contributed by atoms with Crippen molar-refractivity contribution in [2.75, 3.05) is 44.3 Å². The van der Waals surface area contributed by atoms with Crippen LogP contribution in [0.2, 0.25) is 0 Å². The molecule has 0 radical (unpaired) electrons. The number of aryl methyl sites for hydroxylation is 2. The van der Waals surface area contributed by atoms with E-state index in [4.69, 9.17) is 9.72 Å². The Hall–Kier alpha value is -4.76. The van der Waals surface area contributed by atoms with Crippen molar-refractivity contribution in [3.8, 4) is 0 Å². The molecule has 1 atom stereocenters. The van der Waals surface area contributed by atoms with Gasteiger partial charge in [-0.15, -0.1) is 0 Å². The molecule has 0 saturated carbocycles. The van der Waals surface area contributed by atoms with Gasteiger partial charge < -0.3 is 24.2 Å². The number of hydrogen-bond donors (Lipinski definition) is 1. The van der Waals surface area contributed by atoms with Crippen LogP contribution in [0.25, 0.3) is 21.9 Å². The van der Waals surface area contributed by atoms with Crippen LogP contribution >= 0.6 is 0 Å². The number of piperazine rings is 1. The SMILES string of the molecule is Cc1nc2c(c(C)c1CCC(=O)O)c1ccccc1n2Cc1ccc(C(C(=O)N2CCN(c3cccnc3)CC2)C2CCOCC2)cc1.